The first-order chi connectivity index (χ1) is 8.90. The molecule has 0 radical (unpaired) electrons. The van der Waals surface area contributed by atoms with Gasteiger partial charge in [-0.25, -0.2) is 0 Å². The van der Waals surface area contributed by atoms with Crippen molar-refractivity contribution in [2.45, 2.75) is 19.4 Å². The Bertz CT molecular complexity index is 610. The topological polar surface area (TPSA) is 38.0 Å². The summed E-state index contributed by atoms with van der Waals surface area (Å²) in [5, 5.41) is 14.7. The molecular formula is C13H13Br3N2O. The molecule has 0 amide bonds. The van der Waals surface area contributed by atoms with E-state index in [9.17, 15) is 5.11 Å². The first-order valence-electron chi connectivity index (χ1n) is 5.71. The highest BCUT2D eigenvalue weighted by atomic mass is 79.9. The summed E-state index contributed by atoms with van der Waals surface area (Å²) in [6.45, 7) is 1.94. The number of hydrogen-bond acceptors (Lipinski definition) is 2. The second-order valence-electron chi connectivity index (χ2n) is 4.36. The Labute approximate surface area is 137 Å². The van der Waals surface area contributed by atoms with Crippen LogP contribution < -0.4 is 0 Å². The lowest BCUT2D eigenvalue weighted by Gasteiger charge is -2.12. The minimum absolute atomic E-state index is 0.520. The van der Waals surface area contributed by atoms with Crippen LogP contribution in [-0.2, 0) is 13.5 Å². The van der Waals surface area contributed by atoms with Crippen molar-refractivity contribution in [1.29, 1.82) is 0 Å². The summed E-state index contributed by atoms with van der Waals surface area (Å²) in [6.07, 6.45) is -0.0399. The highest BCUT2D eigenvalue weighted by Crippen LogP contribution is 2.30. The fourth-order valence-electron chi connectivity index (χ4n) is 1.92. The number of rotatable bonds is 3. The zero-order valence-corrected chi connectivity index (χ0v) is 15.3. The van der Waals surface area contributed by atoms with Crippen LogP contribution >= 0.6 is 47.8 Å². The Hall–Kier alpha value is -0.170. The molecule has 0 saturated carbocycles. The van der Waals surface area contributed by atoms with Crippen molar-refractivity contribution in [2.75, 3.05) is 0 Å². The van der Waals surface area contributed by atoms with Gasteiger partial charge in [0.05, 0.1) is 22.0 Å². The van der Waals surface area contributed by atoms with E-state index in [0.29, 0.717) is 6.42 Å². The number of nitrogens with zero attached hydrogens (tertiary/aromatic N) is 2. The fourth-order valence-corrected chi connectivity index (χ4v) is 3.06. The SMILES string of the molecule is Cc1nn(C)c(CC(O)c2ccc(Br)c(Br)c2)c1Br. The van der Waals surface area contributed by atoms with Crippen molar-refractivity contribution in [3.05, 3.63) is 48.6 Å². The maximum absolute atomic E-state index is 10.3. The standard InChI is InChI=1S/C13H13Br3N2O/c1-7-13(16)11(18(2)17-7)6-12(19)8-3-4-9(14)10(15)5-8/h3-5,12,19H,6H2,1-2H3. The smallest absolute Gasteiger partial charge is 0.0846 e. The van der Waals surface area contributed by atoms with E-state index in [1.54, 1.807) is 4.68 Å². The van der Waals surface area contributed by atoms with Crippen LogP contribution in [0.2, 0.25) is 0 Å². The van der Waals surface area contributed by atoms with Crippen molar-refractivity contribution in [1.82, 2.24) is 9.78 Å². The summed E-state index contributed by atoms with van der Waals surface area (Å²) in [6, 6.07) is 5.76. The minimum atomic E-state index is -0.560. The second-order valence-corrected chi connectivity index (χ2v) is 6.86. The minimum Gasteiger partial charge on any atom is -0.388 e. The van der Waals surface area contributed by atoms with Crippen molar-refractivity contribution in [3.8, 4) is 0 Å². The lowest BCUT2D eigenvalue weighted by atomic mass is 10.0. The van der Waals surface area contributed by atoms with Crippen LogP contribution in [0, 0.1) is 6.92 Å². The number of benzene rings is 1. The second kappa shape index (κ2) is 6.08. The number of hydrogen-bond donors (Lipinski definition) is 1. The van der Waals surface area contributed by atoms with E-state index in [1.807, 2.05) is 32.2 Å². The van der Waals surface area contributed by atoms with Crippen molar-refractivity contribution in [3.63, 3.8) is 0 Å². The molecule has 0 fully saturated rings. The fraction of sp³-hybridized carbons (Fsp3) is 0.308. The first-order valence-corrected chi connectivity index (χ1v) is 8.09. The molecule has 2 aromatic rings. The maximum atomic E-state index is 10.3. The van der Waals surface area contributed by atoms with Crippen molar-refractivity contribution < 1.29 is 5.11 Å². The molecule has 1 atom stereocenters. The van der Waals surface area contributed by atoms with Crippen LogP contribution in [0.1, 0.15) is 23.1 Å². The summed E-state index contributed by atoms with van der Waals surface area (Å²) >= 11 is 10.4. The molecule has 1 aromatic carbocycles. The highest BCUT2D eigenvalue weighted by Gasteiger charge is 2.16. The van der Waals surface area contributed by atoms with Gasteiger partial charge in [0.1, 0.15) is 0 Å². The van der Waals surface area contributed by atoms with Gasteiger partial charge < -0.3 is 5.11 Å². The van der Waals surface area contributed by atoms with Gasteiger partial charge in [0.2, 0.25) is 0 Å². The third kappa shape index (κ3) is 3.29. The predicted octanol–water partition coefficient (Wildman–Crippen LogP) is 4.29. The highest BCUT2D eigenvalue weighted by molar-refractivity contribution is 9.13. The molecule has 1 N–H and O–H groups in total. The van der Waals surface area contributed by atoms with Gasteiger partial charge in [0.25, 0.3) is 0 Å². The van der Waals surface area contributed by atoms with Crippen LogP contribution in [0.4, 0.5) is 0 Å². The molecule has 2 rings (SSSR count). The van der Waals surface area contributed by atoms with E-state index in [1.165, 1.54) is 0 Å². The van der Waals surface area contributed by atoms with Crippen LogP contribution in [0.5, 0.6) is 0 Å². The Morgan fingerprint density at radius 2 is 1.95 bits per heavy atom. The summed E-state index contributed by atoms with van der Waals surface area (Å²) in [5.74, 6) is 0. The maximum Gasteiger partial charge on any atom is 0.0846 e. The summed E-state index contributed by atoms with van der Waals surface area (Å²) in [7, 11) is 1.89. The Morgan fingerprint density at radius 3 is 2.47 bits per heavy atom. The summed E-state index contributed by atoms with van der Waals surface area (Å²) < 4.78 is 4.67. The quantitative estimate of drug-likeness (QED) is 0.754. The Kier molecular flexibility index (Phi) is 4.87. The molecule has 0 aliphatic rings. The molecule has 0 spiro atoms. The van der Waals surface area contributed by atoms with Crippen LogP contribution in [0.15, 0.2) is 31.6 Å². The van der Waals surface area contributed by atoms with E-state index < -0.39 is 6.10 Å². The Morgan fingerprint density at radius 1 is 1.26 bits per heavy atom. The van der Waals surface area contributed by atoms with E-state index in [-0.39, 0.29) is 0 Å². The van der Waals surface area contributed by atoms with Gasteiger partial charge in [0.15, 0.2) is 0 Å². The van der Waals surface area contributed by atoms with Gasteiger partial charge in [-0.1, -0.05) is 6.07 Å². The molecule has 3 nitrogen and oxygen atoms in total. The van der Waals surface area contributed by atoms with Crippen molar-refractivity contribution in [2.24, 2.45) is 7.05 Å². The molecule has 102 valence electrons. The number of halogens is 3. The van der Waals surface area contributed by atoms with Crippen LogP contribution in [0.25, 0.3) is 0 Å². The first kappa shape index (κ1) is 15.2. The van der Waals surface area contributed by atoms with Gasteiger partial charge >= 0.3 is 0 Å². The molecule has 0 aliphatic carbocycles. The van der Waals surface area contributed by atoms with Gasteiger partial charge in [-0.05, 0) is 72.4 Å². The zero-order valence-electron chi connectivity index (χ0n) is 10.5. The monoisotopic (exact) mass is 450 g/mol. The molecule has 1 unspecified atom stereocenters. The van der Waals surface area contributed by atoms with E-state index in [2.05, 4.69) is 52.9 Å². The number of aliphatic hydroxyl groups excluding tert-OH is 1. The number of aryl methyl sites for hydroxylation is 2. The van der Waals surface area contributed by atoms with E-state index in [4.69, 9.17) is 0 Å². The van der Waals surface area contributed by atoms with Gasteiger partial charge in [-0.3, -0.25) is 4.68 Å². The van der Waals surface area contributed by atoms with Crippen LogP contribution in [0.3, 0.4) is 0 Å². The third-order valence-electron chi connectivity index (χ3n) is 2.98. The average molecular weight is 453 g/mol. The Balaban J connectivity index is 2.25. The van der Waals surface area contributed by atoms with Crippen LogP contribution in [-0.4, -0.2) is 14.9 Å². The molecule has 0 aliphatic heterocycles. The van der Waals surface area contributed by atoms with E-state index >= 15 is 0 Å². The van der Waals surface area contributed by atoms with Gasteiger partial charge in [-0.2, -0.15) is 5.10 Å². The van der Waals surface area contributed by atoms with E-state index in [0.717, 1.165) is 30.4 Å². The molecule has 0 saturated heterocycles. The average Bonchev–Trinajstić information content (AvgIpc) is 2.59. The molecule has 0 bridgehead atoms. The lowest BCUT2D eigenvalue weighted by Crippen LogP contribution is -2.07. The normalized spacial score (nSPS) is 12.7. The lowest BCUT2D eigenvalue weighted by molar-refractivity contribution is 0.175. The molecule has 1 aromatic heterocycles. The molecular weight excluding hydrogens is 440 g/mol. The molecule has 6 heteroatoms. The number of aliphatic hydroxyl groups is 1. The van der Waals surface area contributed by atoms with Crippen molar-refractivity contribution >= 4 is 47.8 Å². The molecule has 19 heavy (non-hydrogen) atoms. The third-order valence-corrected chi connectivity index (χ3v) is 5.89. The van der Waals surface area contributed by atoms with Gasteiger partial charge in [0, 0.05) is 22.4 Å². The molecule has 1 heterocycles. The predicted molar refractivity (Wildman–Crippen MR) is 86.2 cm³/mol. The summed E-state index contributed by atoms with van der Waals surface area (Å²) in [4.78, 5) is 0. The van der Waals surface area contributed by atoms with Gasteiger partial charge in [-0.15, -0.1) is 0 Å². The largest absolute Gasteiger partial charge is 0.388 e. The number of aromatic nitrogens is 2. The zero-order chi connectivity index (χ0) is 14.2. The summed E-state index contributed by atoms with van der Waals surface area (Å²) in [5.41, 5.74) is 2.80.